The summed E-state index contributed by atoms with van der Waals surface area (Å²) in [5.41, 5.74) is 3.54. The molecule has 1 N–H and O–H groups in total. The summed E-state index contributed by atoms with van der Waals surface area (Å²) in [6, 6.07) is 15.1. The van der Waals surface area contributed by atoms with Crippen molar-refractivity contribution in [2.24, 2.45) is 0 Å². The van der Waals surface area contributed by atoms with Crippen LogP contribution in [0.15, 0.2) is 53.3 Å². The zero-order chi connectivity index (χ0) is 24.8. The molecular weight excluding hydrogens is 448 g/mol. The van der Waals surface area contributed by atoms with E-state index in [0.29, 0.717) is 37.4 Å². The van der Waals surface area contributed by atoms with E-state index < -0.39 is 0 Å². The Hall–Kier alpha value is -4.01. The fraction of sp³-hybridized carbons (Fsp3) is 0.346. The topological polar surface area (TPSA) is 94.9 Å². The van der Waals surface area contributed by atoms with Crippen LogP contribution in [0.5, 0.6) is 17.2 Å². The smallest absolute Gasteiger partial charge is 0.267 e. The maximum atomic E-state index is 12.6. The predicted molar refractivity (Wildman–Crippen MR) is 133 cm³/mol. The Bertz CT molecular complexity index is 1240. The van der Waals surface area contributed by atoms with Crippen LogP contribution in [0.3, 0.4) is 0 Å². The molecule has 1 aliphatic rings. The van der Waals surface area contributed by atoms with E-state index in [1.165, 1.54) is 4.68 Å². The summed E-state index contributed by atoms with van der Waals surface area (Å²) in [5, 5.41) is 7.34. The number of hydrogen-bond donors (Lipinski definition) is 1. The number of ether oxygens (including phenoxy) is 3. The van der Waals surface area contributed by atoms with E-state index in [4.69, 9.17) is 14.2 Å². The van der Waals surface area contributed by atoms with Crippen molar-refractivity contribution in [3.63, 3.8) is 0 Å². The van der Waals surface area contributed by atoms with Gasteiger partial charge in [0.15, 0.2) is 11.5 Å². The lowest BCUT2D eigenvalue weighted by Gasteiger charge is -2.30. The Morgan fingerprint density at radius 1 is 1.00 bits per heavy atom. The summed E-state index contributed by atoms with van der Waals surface area (Å²) in [5.74, 6) is 1.85. The third-order valence-electron chi connectivity index (χ3n) is 6.06. The summed E-state index contributed by atoms with van der Waals surface area (Å²) in [7, 11) is 4.82. The number of nitrogens with zero attached hydrogens (tertiary/aromatic N) is 3. The van der Waals surface area contributed by atoms with Crippen LogP contribution in [0.25, 0.3) is 0 Å². The van der Waals surface area contributed by atoms with E-state index in [1.54, 1.807) is 27.4 Å². The van der Waals surface area contributed by atoms with Gasteiger partial charge in [-0.15, -0.1) is 0 Å². The number of fused-ring (bicyclic) bond motifs is 1. The molecule has 0 saturated heterocycles. The zero-order valence-electron chi connectivity index (χ0n) is 20.2. The molecule has 3 aromatic rings. The molecule has 9 nitrogen and oxygen atoms in total. The van der Waals surface area contributed by atoms with E-state index in [-0.39, 0.29) is 18.0 Å². The van der Waals surface area contributed by atoms with Crippen molar-refractivity contribution < 1.29 is 19.0 Å². The molecule has 2 heterocycles. The number of amides is 1. The van der Waals surface area contributed by atoms with E-state index in [9.17, 15) is 9.59 Å². The largest absolute Gasteiger partial charge is 0.497 e. The van der Waals surface area contributed by atoms with Crippen LogP contribution in [-0.2, 0) is 30.7 Å². The lowest BCUT2D eigenvalue weighted by Crippen LogP contribution is -2.38. The van der Waals surface area contributed by atoms with Crippen molar-refractivity contribution in [2.75, 3.05) is 39.3 Å². The lowest BCUT2D eigenvalue weighted by atomic mass is 10.1. The monoisotopic (exact) mass is 478 g/mol. The summed E-state index contributed by atoms with van der Waals surface area (Å²) < 4.78 is 17.0. The van der Waals surface area contributed by atoms with Crippen molar-refractivity contribution >= 4 is 11.6 Å². The van der Waals surface area contributed by atoms with Crippen LogP contribution in [0.1, 0.15) is 16.8 Å². The van der Waals surface area contributed by atoms with Gasteiger partial charge < -0.3 is 24.4 Å². The van der Waals surface area contributed by atoms with Crippen molar-refractivity contribution in [1.29, 1.82) is 0 Å². The zero-order valence-corrected chi connectivity index (χ0v) is 20.2. The summed E-state index contributed by atoms with van der Waals surface area (Å²) in [6.45, 7) is 1.70. The van der Waals surface area contributed by atoms with Gasteiger partial charge in [-0.25, -0.2) is 4.68 Å². The molecule has 0 bridgehead atoms. The third kappa shape index (κ3) is 5.74. The van der Waals surface area contributed by atoms with E-state index >= 15 is 0 Å². The maximum absolute atomic E-state index is 12.6. The van der Waals surface area contributed by atoms with Crippen LogP contribution in [0, 0.1) is 0 Å². The fourth-order valence-corrected chi connectivity index (χ4v) is 4.14. The molecule has 184 valence electrons. The second-order valence-electron chi connectivity index (χ2n) is 8.27. The predicted octanol–water partition coefficient (Wildman–Crippen LogP) is 2.19. The number of benzene rings is 2. The first-order valence-electron chi connectivity index (χ1n) is 11.5. The highest BCUT2D eigenvalue weighted by molar-refractivity contribution is 5.75. The van der Waals surface area contributed by atoms with E-state index in [0.717, 1.165) is 34.8 Å². The van der Waals surface area contributed by atoms with Gasteiger partial charge in [-0.2, -0.15) is 5.10 Å². The number of nitrogens with one attached hydrogen (secondary N) is 1. The second-order valence-corrected chi connectivity index (χ2v) is 8.27. The minimum atomic E-state index is -0.282. The van der Waals surface area contributed by atoms with Crippen LogP contribution in [0.4, 0.5) is 5.69 Å². The van der Waals surface area contributed by atoms with Gasteiger partial charge >= 0.3 is 0 Å². The molecular formula is C26H30N4O5. The van der Waals surface area contributed by atoms with E-state index in [2.05, 4.69) is 15.3 Å². The van der Waals surface area contributed by atoms with E-state index in [1.807, 2.05) is 42.5 Å². The Balaban J connectivity index is 1.34. The highest BCUT2D eigenvalue weighted by atomic mass is 16.5. The number of anilines is 1. The van der Waals surface area contributed by atoms with Crippen LogP contribution < -0.4 is 30.0 Å². The SMILES string of the molecule is COc1ccc(N2CCc3nn(CC(=O)NCCc4ccc(OC)c(OC)c4)c(=O)cc3C2)cc1. The number of carbonyl (C=O) groups is 1. The fourth-order valence-electron chi connectivity index (χ4n) is 4.14. The summed E-state index contributed by atoms with van der Waals surface area (Å²) >= 11 is 0. The molecule has 0 unspecified atom stereocenters. The van der Waals surface area contributed by atoms with Crippen molar-refractivity contribution in [1.82, 2.24) is 15.1 Å². The molecule has 0 aliphatic carbocycles. The number of methoxy groups -OCH3 is 3. The molecule has 4 rings (SSSR count). The Kier molecular flexibility index (Phi) is 7.54. The van der Waals surface area contributed by atoms with Gasteiger partial charge in [0.2, 0.25) is 5.91 Å². The van der Waals surface area contributed by atoms with Gasteiger partial charge in [0, 0.05) is 43.4 Å². The normalized spacial score (nSPS) is 12.6. The first-order valence-corrected chi connectivity index (χ1v) is 11.5. The van der Waals surface area contributed by atoms with Crippen LogP contribution in [0.2, 0.25) is 0 Å². The maximum Gasteiger partial charge on any atom is 0.267 e. The number of rotatable bonds is 9. The average Bonchev–Trinajstić information content (AvgIpc) is 2.88. The second kappa shape index (κ2) is 10.9. The van der Waals surface area contributed by atoms with Gasteiger partial charge in [-0.05, 0) is 48.4 Å². The number of hydrogen-bond acceptors (Lipinski definition) is 7. The summed E-state index contributed by atoms with van der Waals surface area (Å²) in [6.07, 6.45) is 1.32. The van der Waals surface area contributed by atoms with Crippen molar-refractivity contribution in [2.45, 2.75) is 25.9 Å². The van der Waals surface area contributed by atoms with Gasteiger partial charge in [0.05, 0.1) is 27.0 Å². The first-order chi connectivity index (χ1) is 17.0. The molecule has 0 fully saturated rings. The highest BCUT2D eigenvalue weighted by Gasteiger charge is 2.20. The third-order valence-corrected chi connectivity index (χ3v) is 6.06. The van der Waals surface area contributed by atoms with Gasteiger partial charge in [-0.1, -0.05) is 6.07 Å². The van der Waals surface area contributed by atoms with Crippen LogP contribution in [-0.4, -0.2) is 50.1 Å². The number of aromatic nitrogens is 2. The molecule has 0 atom stereocenters. The van der Waals surface area contributed by atoms with Gasteiger partial charge in [0.25, 0.3) is 5.56 Å². The van der Waals surface area contributed by atoms with Gasteiger partial charge in [-0.3, -0.25) is 9.59 Å². The Morgan fingerprint density at radius 3 is 2.49 bits per heavy atom. The quantitative estimate of drug-likeness (QED) is 0.504. The van der Waals surface area contributed by atoms with Crippen molar-refractivity contribution in [3.05, 3.63) is 75.7 Å². The Labute approximate surface area is 204 Å². The minimum absolute atomic E-state index is 0.111. The number of carbonyl (C=O) groups excluding carboxylic acids is 1. The van der Waals surface area contributed by atoms with Crippen molar-refractivity contribution in [3.8, 4) is 17.2 Å². The molecule has 35 heavy (non-hydrogen) atoms. The molecule has 0 saturated carbocycles. The summed E-state index contributed by atoms with van der Waals surface area (Å²) in [4.78, 5) is 27.3. The Morgan fingerprint density at radius 2 is 1.77 bits per heavy atom. The minimum Gasteiger partial charge on any atom is -0.497 e. The van der Waals surface area contributed by atoms with Gasteiger partial charge in [0.1, 0.15) is 12.3 Å². The molecule has 9 heteroatoms. The highest BCUT2D eigenvalue weighted by Crippen LogP contribution is 2.27. The molecule has 1 amide bonds. The standard InChI is InChI=1S/C26H30N4O5/c1-33-21-7-5-20(6-8-21)29-13-11-22-19(16-29)15-26(32)30(28-22)17-25(31)27-12-10-18-4-9-23(34-2)24(14-18)35-3/h4-9,14-15H,10-13,16-17H2,1-3H3,(H,27,31). The molecule has 1 aromatic heterocycles. The van der Waals surface area contributed by atoms with Crippen LogP contribution >= 0.6 is 0 Å². The molecule has 2 aromatic carbocycles. The molecule has 1 aliphatic heterocycles. The molecule has 0 radical (unpaired) electrons. The lowest BCUT2D eigenvalue weighted by molar-refractivity contribution is -0.121. The first kappa shape index (κ1) is 24.1. The molecule has 0 spiro atoms. The average molecular weight is 479 g/mol.